The molecule has 0 saturated heterocycles. The lowest BCUT2D eigenvalue weighted by Crippen LogP contribution is -2.37. The first-order valence-corrected chi connectivity index (χ1v) is 11.1. The van der Waals surface area contributed by atoms with Gasteiger partial charge in [0.05, 0.1) is 10.8 Å². The second-order valence-electron chi connectivity index (χ2n) is 6.93. The van der Waals surface area contributed by atoms with Gasteiger partial charge in [0.2, 0.25) is 5.91 Å². The topological polar surface area (TPSA) is 69.0 Å². The number of benzene rings is 1. The Morgan fingerprint density at radius 1 is 1.32 bits per heavy atom. The highest BCUT2D eigenvalue weighted by atomic mass is 35.5. The fourth-order valence-electron chi connectivity index (χ4n) is 3.26. The molecule has 0 aliphatic heterocycles. The normalized spacial score (nSPS) is 16.0. The molecule has 152 valence electrons. The van der Waals surface area contributed by atoms with Gasteiger partial charge in [0.15, 0.2) is 17.1 Å². The Morgan fingerprint density at radius 2 is 2.07 bits per heavy atom. The van der Waals surface area contributed by atoms with E-state index in [9.17, 15) is 4.79 Å². The summed E-state index contributed by atoms with van der Waals surface area (Å²) in [5.41, 5.74) is 0. The highest BCUT2D eigenvalue weighted by Crippen LogP contribution is 2.31. The molecule has 0 radical (unpaired) electrons. The summed E-state index contributed by atoms with van der Waals surface area (Å²) < 4.78 is 7.74. The van der Waals surface area contributed by atoms with Gasteiger partial charge in [0, 0.05) is 24.2 Å². The number of amides is 1. The van der Waals surface area contributed by atoms with Crippen molar-refractivity contribution in [2.75, 3.05) is 5.75 Å². The molecular formula is C19H24Cl2N4O2S. The SMILES string of the molecule is CC(Oc1cc(Cl)ccc1Cl)c1nnc(SCC(=O)NC2CCCCC2)n1C. The largest absolute Gasteiger partial charge is 0.481 e. The van der Waals surface area contributed by atoms with Gasteiger partial charge in [0.1, 0.15) is 5.75 Å². The summed E-state index contributed by atoms with van der Waals surface area (Å²) in [6, 6.07) is 5.38. The molecule has 1 unspecified atom stereocenters. The molecule has 1 aromatic carbocycles. The zero-order chi connectivity index (χ0) is 20.1. The van der Waals surface area contributed by atoms with Crippen LogP contribution in [0.3, 0.4) is 0 Å². The Kier molecular flexibility index (Phi) is 7.48. The van der Waals surface area contributed by atoms with Crippen LogP contribution in [-0.4, -0.2) is 32.5 Å². The Bertz CT molecular complexity index is 824. The Balaban J connectivity index is 1.56. The van der Waals surface area contributed by atoms with Gasteiger partial charge in [-0.2, -0.15) is 0 Å². The van der Waals surface area contributed by atoms with E-state index in [2.05, 4.69) is 15.5 Å². The van der Waals surface area contributed by atoms with E-state index >= 15 is 0 Å². The fraction of sp³-hybridized carbons (Fsp3) is 0.526. The van der Waals surface area contributed by atoms with Gasteiger partial charge < -0.3 is 14.6 Å². The van der Waals surface area contributed by atoms with Gasteiger partial charge in [-0.1, -0.05) is 54.2 Å². The number of ether oxygens (including phenoxy) is 1. The number of nitrogens with zero attached hydrogens (tertiary/aromatic N) is 3. The van der Waals surface area contributed by atoms with E-state index < -0.39 is 0 Å². The second kappa shape index (κ2) is 9.85. The minimum atomic E-state index is -0.376. The number of aromatic nitrogens is 3. The number of rotatable bonds is 7. The minimum absolute atomic E-state index is 0.0384. The van der Waals surface area contributed by atoms with Crippen molar-refractivity contribution in [1.29, 1.82) is 0 Å². The van der Waals surface area contributed by atoms with Crippen molar-refractivity contribution in [2.45, 2.75) is 56.3 Å². The Morgan fingerprint density at radius 3 is 2.82 bits per heavy atom. The third-order valence-electron chi connectivity index (χ3n) is 4.73. The van der Waals surface area contributed by atoms with Gasteiger partial charge in [-0.25, -0.2) is 0 Å². The molecule has 2 aromatic rings. The van der Waals surface area contributed by atoms with Crippen LogP contribution < -0.4 is 10.1 Å². The van der Waals surface area contributed by atoms with E-state index in [0.29, 0.717) is 38.6 Å². The molecule has 1 heterocycles. The van der Waals surface area contributed by atoms with Crippen LogP contribution in [0.1, 0.15) is 51.0 Å². The van der Waals surface area contributed by atoms with E-state index in [-0.39, 0.29) is 12.0 Å². The highest BCUT2D eigenvalue weighted by molar-refractivity contribution is 7.99. The molecular weight excluding hydrogens is 419 g/mol. The van der Waals surface area contributed by atoms with Crippen molar-refractivity contribution in [1.82, 2.24) is 20.1 Å². The predicted molar refractivity (Wildman–Crippen MR) is 112 cm³/mol. The molecule has 1 amide bonds. The van der Waals surface area contributed by atoms with Crippen LogP contribution in [-0.2, 0) is 11.8 Å². The minimum Gasteiger partial charge on any atom is -0.481 e. The van der Waals surface area contributed by atoms with Crippen LogP contribution in [0, 0.1) is 0 Å². The predicted octanol–water partition coefficient (Wildman–Crippen LogP) is 4.80. The quantitative estimate of drug-likeness (QED) is 0.623. The zero-order valence-electron chi connectivity index (χ0n) is 16.0. The van der Waals surface area contributed by atoms with Crippen molar-refractivity contribution < 1.29 is 9.53 Å². The molecule has 9 heteroatoms. The van der Waals surface area contributed by atoms with Crippen molar-refractivity contribution >= 4 is 40.9 Å². The van der Waals surface area contributed by atoms with Crippen molar-refractivity contribution in [2.24, 2.45) is 7.05 Å². The molecule has 1 aliphatic rings. The summed E-state index contributed by atoms with van der Waals surface area (Å²) in [5.74, 6) is 1.49. The van der Waals surface area contributed by atoms with Crippen LogP contribution in [0.5, 0.6) is 5.75 Å². The van der Waals surface area contributed by atoms with Crippen LogP contribution in [0.25, 0.3) is 0 Å². The van der Waals surface area contributed by atoms with Crippen molar-refractivity contribution in [3.8, 4) is 5.75 Å². The number of hydrogen-bond donors (Lipinski definition) is 1. The van der Waals surface area contributed by atoms with E-state index in [1.165, 1.54) is 31.0 Å². The number of hydrogen-bond acceptors (Lipinski definition) is 5. The van der Waals surface area contributed by atoms with Crippen LogP contribution in [0.15, 0.2) is 23.4 Å². The first-order chi connectivity index (χ1) is 13.4. The molecule has 6 nitrogen and oxygen atoms in total. The average molecular weight is 443 g/mol. The first-order valence-electron chi connectivity index (χ1n) is 9.37. The van der Waals surface area contributed by atoms with Crippen molar-refractivity contribution in [3.63, 3.8) is 0 Å². The summed E-state index contributed by atoms with van der Waals surface area (Å²) in [5, 5.41) is 13.2. The molecule has 1 N–H and O–H groups in total. The first kappa shape index (κ1) is 21.3. The molecule has 0 spiro atoms. The lowest BCUT2D eigenvalue weighted by Gasteiger charge is -2.22. The molecule has 1 fully saturated rings. The molecule has 1 aromatic heterocycles. The van der Waals surface area contributed by atoms with Gasteiger partial charge in [0.25, 0.3) is 0 Å². The Hall–Kier alpha value is -1.44. The van der Waals surface area contributed by atoms with Gasteiger partial charge in [-0.05, 0) is 31.9 Å². The third kappa shape index (κ3) is 5.55. The number of thioether (sulfide) groups is 1. The number of halogens is 2. The number of carbonyl (C=O) groups excluding carboxylic acids is 1. The van der Waals surface area contributed by atoms with Crippen LogP contribution >= 0.6 is 35.0 Å². The summed E-state index contributed by atoms with van der Waals surface area (Å²) in [4.78, 5) is 12.2. The van der Waals surface area contributed by atoms with Gasteiger partial charge in [-0.15, -0.1) is 10.2 Å². The van der Waals surface area contributed by atoms with Gasteiger partial charge >= 0.3 is 0 Å². The number of nitrogens with one attached hydrogen (secondary N) is 1. The highest BCUT2D eigenvalue weighted by Gasteiger charge is 2.20. The van der Waals surface area contributed by atoms with E-state index in [4.69, 9.17) is 27.9 Å². The standard InChI is InChI=1S/C19H24Cl2N4O2S/c1-12(27-16-10-13(20)8-9-15(16)21)18-23-24-19(25(18)2)28-11-17(26)22-14-6-4-3-5-7-14/h8-10,12,14H,3-7,11H2,1-2H3,(H,22,26). The molecule has 0 bridgehead atoms. The monoisotopic (exact) mass is 442 g/mol. The second-order valence-corrected chi connectivity index (χ2v) is 8.71. The molecule has 1 atom stereocenters. The van der Waals surface area contributed by atoms with Crippen LogP contribution in [0.2, 0.25) is 10.0 Å². The molecule has 3 rings (SSSR count). The fourth-order valence-corrected chi connectivity index (χ4v) is 4.32. The third-order valence-corrected chi connectivity index (χ3v) is 6.30. The number of carbonyl (C=O) groups is 1. The maximum absolute atomic E-state index is 12.2. The van der Waals surface area contributed by atoms with E-state index in [0.717, 1.165) is 12.8 Å². The van der Waals surface area contributed by atoms with Gasteiger partial charge in [-0.3, -0.25) is 4.79 Å². The summed E-state index contributed by atoms with van der Waals surface area (Å²) in [6.07, 6.45) is 5.43. The smallest absolute Gasteiger partial charge is 0.230 e. The zero-order valence-corrected chi connectivity index (χ0v) is 18.3. The molecule has 1 aliphatic carbocycles. The summed E-state index contributed by atoms with van der Waals surface area (Å²) in [7, 11) is 1.86. The van der Waals surface area contributed by atoms with Crippen molar-refractivity contribution in [3.05, 3.63) is 34.1 Å². The van der Waals surface area contributed by atoms with E-state index in [1.807, 2.05) is 18.5 Å². The van der Waals surface area contributed by atoms with E-state index in [1.54, 1.807) is 18.2 Å². The average Bonchev–Trinajstić information content (AvgIpc) is 3.04. The summed E-state index contributed by atoms with van der Waals surface area (Å²) >= 11 is 13.5. The molecule has 28 heavy (non-hydrogen) atoms. The molecule has 1 saturated carbocycles. The lowest BCUT2D eigenvalue weighted by molar-refractivity contribution is -0.119. The maximum atomic E-state index is 12.2. The lowest BCUT2D eigenvalue weighted by atomic mass is 9.95. The maximum Gasteiger partial charge on any atom is 0.230 e. The van der Waals surface area contributed by atoms with Crippen LogP contribution in [0.4, 0.5) is 0 Å². The Labute approximate surface area is 179 Å². The summed E-state index contributed by atoms with van der Waals surface area (Å²) in [6.45, 7) is 1.87.